The normalized spacial score (nSPS) is 11.0. The first-order chi connectivity index (χ1) is 10.3. The van der Waals surface area contributed by atoms with Crippen LogP contribution in [0.3, 0.4) is 0 Å². The van der Waals surface area contributed by atoms with Gasteiger partial charge in [0.15, 0.2) is 5.89 Å². The lowest BCUT2D eigenvalue weighted by molar-refractivity contribution is 0.247. The van der Waals surface area contributed by atoms with Gasteiger partial charge in [0.2, 0.25) is 0 Å². The van der Waals surface area contributed by atoms with Gasteiger partial charge >= 0.3 is 5.95 Å². The number of unbranched alkanes of at least 4 members (excludes halogenated alkanes) is 9. The second-order valence-electron chi connectivity index (χ2n) is 5.85. The van der Waals surface area contributed by atoms with E-state index in [9.17, 15) is 0 Å². The van der Waals surface area contributed by atoms with Crippen molar-refractivity contribution in [2.75, 3.05) is 6.61 Å². The molecule has 122 valence electrons. The van der Waals surface area contributed by atoms with Crippen LogP contribution >= 0.6 is 0 Å². The molecule has 0 saturated carbocycles. The number of rotatable bonds is 13. The van der Waals surface area contributed by atoms with Gasteiger partial charge in [-0.25, -0.2) is 4.98 Å². The second kappa shape index (κ2) is 11.6. The lowest BCUT2D eigenvalue weighted by Crippen LogP contribution is -1.90. The fourth-order valence-electron chi connectivity index (χ4n) is 2.57. The Balaban J connectivity index is 1.98. The van der Waals surface area contributed by atoms with Gasteiger partial charge in [0, 0.05) is 6.42 Å². The number of aromatic nitrogens is 1. The Kier molecular flexibility index (Phi) is 10.0. The quantitative estimate of drug-likeness (QED) is 0.428. The molecule has 3 nitrogen and oxygen atoms in total. The molecule has 0 unspecified atom stereocenters. The summed E-state index contributed by atoms with van der Waals surface area (Å²) >= 11 is 0. The maximum Gasteiger partial charge on any atom is 0.308 e. The highest BCUT2D eigenvalue weighted by molar-refractivity contribution is 5.13. The van der Waals surface area contributed by atoms with Crippen molar-refractivity contribution in [3.63, 3.8) is 0 Å². The average Bonchev–Trinajstić information content (AvgIpc) is 2.82. The van der Waals surface area contributed by atoms with Crippen molar-refractivity contribution in [1.29, 1.82) is 0 Å². The fraction of sp³-hybridized carbons (Fsp3) is 0.833. The molecule has 3 heteroatoms. The summed E-state index contributed by atoms with van der Waals surface area (Å²) in [6.07, 6.45) is 14.5. The van der Waals surface area contributed by atoms with E-state index in [4.69, 9.17) is 9.15 Å². The van der Waals surface area contributed by atoms with Crippen molar-refractivity contribution in [3.05, 3.63) is 11.6 Å². The van der Waals surface area contributed by atoms with Crippen LogP contribution in [0, 0.1) is 6.92 Å². The van der Waals surface area contributed by atoms with Gasteiger partial charge in [-0.05, 0) is 20.3 Å². The largest absolute Gasteiger partial charge is 0.464 e. The number of hydrogen-bond acceptors (Lipinski definition) is 3. The summed E-state index contributed by atoms with van der Waals surface area (Å²) in [5.41, 5.74) is 0.874. The van der Waals surface area contributed by atoms with Crippen molar-refractivity contribution in [1.82, 2.24) is 4.98 Å². The van der Waals surface area contributed by atoms with Crippen LogP contribution in [0.4, 0.5) is 0 Å². The average molecular weight is 295 g/mol. The standard InChI is InChI=1S/C18H33NO2/c1-4-6-7-8-9-10-11-12-13-14-15-17-19-16(3)18(21-17)20-5-2/h4-15H2,1-3H3. The topological polar surface area (TPSA) is 35.3 Å². The molecule has 0 bridgehead atoms. The van der Waals surface area contributed by atoms with Crippen LogP contribution in [-0.2, 0) is 6.42 Å². The molecular weight excluding hydrogens is 262 g/mol. The molecule has 0 spiro atoms. The molecular formula is C18H33NO2. The third-order valence-corrected chi connectivity index (χ3v) is 3.82. The summed E-state index contributed by atoms with van der Waals surface area (Å²) in [6, 6.07) is 0. The molecule has 0 radical (unpaired) electrons. The molecule has 0 aliphatic rings. The molecule has 1 rings (SSSR count). The van der Waals surface area contributed by atoms with Crippen molar-refractivity contribution < 1.29 is 9.15 Å². The molecule has 1 aromatic rings. The van der Waals surface area contributed by atoms with Gasteiger partial charge in [0.25, 0.3) is 0 Å². The Morgan fingerprint density at radius 2 is 1.43 bits per heavy atom. The van der Waals surface area contributed by atoms with Gasteiger partial charge < -0.3 is 9.15 Å². The maximum atomic E-state index is 5.60. The van der Waals surface area contributed by atoms with E-state index in [1.165, 1.54) is 64.2 Å². The zero-order valence-electron chi connectivity index (χ0n) is 14.2. The summed E-state index contributed by atoms with van der Waals surface area (Å²) in [7, 11) is 0. The van der Waals surface area contributed by atoms with E-state index >= 15 is 0 Å². The summed E-state index contributed by atoms with van der Waals surface area (Å²) in [4.78, 5) is 4.41. The van der Waals surface area contributed by atoms with Crippen LogP contribution in [-0.4, -0.2) is 11.6 Å². The van der Waals surface area contributed by atoms with Crippen molar-refractivity contribution in [3.8, 4) is 5.95 Å². The van der Waals surface area contributed by atoms with E-state index in [0.29, 0.717) is 12.6 Å². The lowest BCUT2D eigenvalue weighted by atomic mass is 10.1. The van der Waals surface area contributed by atoms with E-state index in [-0.39, 0.29) is 0 Å². The SMILES string of the molecule is CCCCCCCCCCCCc1nc(C)c(OCC)o1. The minimum absolute atomic E-state index is 0.597. The Hall–Kier alpha value is -0.990. The zero-order chi connectivity index (χ0) is 15.3. The van der Waals surface area contributed by atoms with Crippen LogP contribution in [0.2, 0.25) is 0 Å². The molecule has 0 saturated heterocycles. The second-order valence-corrected chi connectivity index (χ2v) is 5.85. The first-order valence-corrected chi connectivity index (χ1v) is 8.87. The molecule has 0 amide bonds. The lowest BCUT2D eigenvalue weighted by Gasteiger charge is -2.01. The highest BCUT2D eigenvalue weighted by Gasteiger charge is 2.09. The summed E-state index contributed by atoms with van der Waals surface area (Å²) < 4.78 is 11.0. The van der Waals surface area contributed by atoms with E-state index < -0.39 is 0 Å². The highest BCUT2D eigenvalue weighted by Crippen LogP contribution is 2.20. The first kappa shape index (κ1) is 18.1. The number of hydrogen-bond donors (Lipinski definition) is 0. The molecule has 21 heavy (non-hydrogen) atoms. The van der Waals surface area contributed by atoms with Gasteiger partial charge in [-0.2, -0.15) is 0 Å². The zero-order valence-corrected chi connectivity index (χ0v) is 14.2. The maximum absolute atomic E-state index is 5.60. The van der Waals surface area contributed by atoms with Crippen LogP contribution in [0.5, 0.6) is 5.95 Å². The van der Waals surface area contributed by atoms with Crippen LogP contribution in [0.25, 0.3) is 0 Å². The van der Waals surface area contributed by atoms with Crippen LogP contribution < -0.4 is 4.74 Å². The predicted molar refractivity (Wildman–Crippen MR) is 88.0 cm³/mol. The minimum Gasteiger partial charge on any atom is -0.464 e. The monoisotopic (exact) mass is 295 g/mol. The van der Waals surface area contributed by atoms with Crippen molar-refractivity contribution in [2.45, 2.75) is 91.4 Å². The molecule has 0 aromatic carbocycles. The Labute approximate surface area is 130 Å². The highest BCUT2D eigenvalue weighted by atomic mass is 16.6. The minimum atomic E-state index is 0.597. The van der Waals surface area contributed by atoms with Gasteiger partial charge in [0.1, 0.15) is 5.69 Å². The van der Waals surface area contributed by atoms with Gasteiger partial charge in [-0.3, -0.25) is 0 Å². The Morgan fingerprint density at radius 3 is 2.00 bits per heavy atom. The van der Waals surface area contributed by atoms with E-state index in [2.05, 4.69) is 11.9 Å². The third kappa shape index (κ3) is 8.13. The molecule has 1 aromatic heterocycles. The smallest absolute Gasteiger partial charge is 0.308 e. The number of oxazole rings is 1. The summed E-state index contributed by atoms with van der Waals surface area (Å²) in [5, 5.41) is 0. The molecule has 0 N–H and O–H groups in total. The third-order valence-electron chi connectivity index (χ3n) is 3.82. The van der Waals surface area contributed by atoms with Gasteiger partial charge in [-0.1, -0.05) is 64.7 Å². The van der Waals surface area contributed by atoms with E-state index in [0.717, 1.165) is 18.0 Å². The molecule has 0 aliphatic carbocycles. The fourth-order valence-corrected chi connectivity index (χ4v) is 2.57. The van der Waals surface area contributed by atoms with Crippen LogP contribution in [0.1, 0.15) is 89.6 Å². The Bertz CT molecular complexity index is 360. The predicted octanol–water partition coefficient (Wildman–Crippen LogP) is 5.85. The summed E-state index contributed by atoms with van der Waals surface area (Å²) in [5.74, 6) is 1.43. The molecule has 1 heterocycles. The summed E-state index contributed by atoms with van der Waals surface area (Å²) in [6.45, 7) is 6.81. The molecule has 0 fully saturated rings. The van der Waals surface area contributed by atoms with Crippen molar-refractivity contribution >= 4 is 0 Å². The van der Waals surface area contributed by atoms with E-state index in [1.807, 2.05) is 13.8 Å². The first-order valence-electron chi connectivity index (χ1n) is 8.87. The number of aryl methyl sites for hydroxylation is 2. The number of nitrogens with zero attached hydrogens (tertiary/aromatic N) is 1. The van der Waals surface area contributed by atoms with Crippen LogP contribution in [0.15, 0.2) is 4.42 Å². The Morgan fingerprint density at radius 1 is 0.857 bits per heavy atom. The number of ether oxygens (including phenoxy) is 1. The van der Waals surface area contributed by atoms with Gasteiger partial charge in [-0.15, -0.1) is 0 Å². The molecule has 0 atom stereocenters. The van der Waals surface area contributed by atoms with Gasteiger partial charge in [0.05, 0.1) is 6.61 Å². The molecule has 0 aliphatic heterocycles. The van der Waals surface area contributed by atoms with E-state index in [1.54, 1.807) is 0 Å². The van der Waals surface area contributed by atoms with Crippen molar-refractivity contribution in [2.24, 2.45) is 0 Å².